The van der Waals surface area contributed by atoms with E-state index in [1.807, 2.05) is 0 Å². The topological polar surface area (TPSA) is 82.4 Å². The van der Waals surface area contributed by atoms with Gasteiger partial charge >= 0.3 is 0 Å². The van der Waals surface area contributed by atoms with Crippen molar-refractivity contribution in [2.45, 2.75) is 20.8 Å². The Morgan fingerprint density at radius 3 is 2.45 bits per heavy atom. The third-order valence-corrected chi connectivity index (χ3v) is 3.12. The van der Waals surface area contributed by atoms with Crippen LogP contribution < -0.4 is 10.4 Å². The Morgan fingerprint density at radius 1 is 1.18 bits per heavy atom. The molecule has 0 aliphatic heterocycles. The number of aryl methyl sites for hydroxylation is 2. The fourth-order valence-electron chi connectivity index (χ4n) is 2.01. The minimum atomic E-state index is -1.22. The maximum absolute atomic E-state index is 12.0. The number of carboxylic acid groups (broad SMARTS) is 1. The van der Waals surface area contributed by atoms with Crippen LogP contribution >= 0.6 is 0 Å². The van der Waals surface area contributed by atoms with Crippen LogP contribution in [0.2, 0.25) is 0 Å². The summed E-state index contributed by atoms with van der Waals surface area (Å²) in [6, 6.07) is 7.96. The van der Waals surface area contributed by atoms with Crippen LogP contribution in [0.4, 0.5) is 5.69 Å². The summed E-state index contributed by atoms with van der Waals surface area (Å²) in [5.74, 6) is -0.494. The van der Waals surface area contributed by atoms with Crippen LogP contribution in [-0.2, 0) is 0 Å². The Balaban J connectivity index is 2.14. The maximum Gasteiger partial charge on any atom is 0.222 e. The number of benzene rings is 1. The molecule has 0 saturated heterocycles. The lowest BCUT2D eigenvalue weighted by Gasteiger charge is -2.11. The van der Waals surface area contributed by atoms with Crippen molar-refractivity contribution < 1.29 is 19.1 Å². The zero-order valence-corrected chi connectivity index (χ0v) is 12.6. The van der Waals surface area contributed by atoms with E-state index in [9.17, 15) is 14.7 Å². The second-order valence-electron chi connectivity index (χ2n) is 5.04. The normalized spacial score (nSPS) is 11.3. The number of rotatable bonds is 5. The predicted molar refractivity (Wildman–Crippen MR) is 80.7 cm³/mol. The van der Waals surface area contributed by atoms with Gasteiger partial charge in [0.15, 0.2) is 5.76 Å². The molecule has 0 aliphatic carbocycles. The molecule has 1 heterocycles. The molecule has 0 radical (unpaired) electrons. The Kier molecular flexibility index (Phi) is 4.46. The highest BCUT2D eigenvalue weighted by Crippen LogP contribution is 2.18. The van der Waals surface area contributed by atoms with Crippen LogP contribution in [0, 0.1) is 13.8 Å². The number of aromatic carboxylic acids is 1. The number of hydrogen-bond acceptors (Lipinski definition) is 5. The standard InChI is InChI=1S/C17H17NO4/c1-10-8-13(17(20)21)5-6-14(10)18-11(2)9-15(19)16-7-4-12(3)22-16/h4-9,18H,1-3H3,(H,20,21)/p-1/b11-9+. The van der Waals surface area contributed by atoms with E-state index >= 15 is 0 Å². The number of carboxylic acids is 1. The molecule has 114 valence electrons. The average Bonchev–Trinajstić information content (AvgIpc) is 2.87. The van der Waals surface area contributed by atoms with Gasteiger partial charge in [0.25, 0.3) is 0 Å². The van der Waals surface area contributed by atoms with Crippen molar-refractivity contribution in [1.29, 1.82) is 0 Å². The van der Waals surface area contributed by atoms with Crippen molar-refractivity contribution in [3.05, 3.63) is 64.8 Å². The third-order valence-electron chi connectivity index (χ3n) is 3.12. The Morgan fingerprint density at radius 2 is 1.91 bits per heavy atom. The number of allylic oxidation sites excluding steroid dienone is 2. The van der Waals surface area contributed by atoms with Crippen LogP contribution in [0.25, 0.3) is 0 Å². The summed E-state index contributed by atoms with van der Waals surface area (Å²) >= 11 is 0. The summed E-state index contributed by atoms with van der Waals surface area (Å²) in [6.45, 7) is 5.30. The molecule has 1 N–H and O–H groups in total. The monoisotopic (exact) mass is 298 g/mol. The fourth-order valence-corrected chi connectivity index (χ4v) is 2.01. The molecule has 0 saturated carbocycles. The second kappa shape index (κ2) is 6.30. The van der Waals surface area contributed by atoms with Crippen LogP contribution in [0.5, 0.6) is 0 Å². The highest BCUT2D eigenvalue weighted by atomic mass is 16.4. The van der Waals surface area contributed by atoms with Gasteiger partial charge in [-0.2, -0.15) is 0 Å². The zero-order chi connectivity index (χ0) is 16.3. The third kappa shape index (κ3) is 3.63. The van der Waals surface area contributed by atoms with E-state index in [0.29, 0.717) is 11.5 Å². The minimum absolute atomic E-state index is 0.117. The van der Waals surface area contributed by atoms with Crippen molar-refractivity contribution in [3.8, 4) is 0 Å². The highest BCUT2D eigenvalue weighted by Gasteiger charge is 2.08. The number of carbonyl (C=O) groups excluding carboxylic acids is 2. The quantitative estimate of drug-likeness (QED) is 0.677. The summed E-state index contributed by atoms with van der Waals surface area (Å²) in [5, 5.41) is 13.9. The first-order chi connectivity index (χ1) is 10.4. The van der Waals surface area contributed by atoms with Gasteiger partial charge in [0.2, 0.25) is 5.78 Å². The number of ketones is 1. The van der Waals surface area contributed by atoms with Crippen molar-refractivity contribution in [1.82, 2.24) is 0 Å². The molecule has 2 aromatic rings. The molecule has 22 heavy (non-hydrogen) atoms. The summed E-state index contributed by atoms with van der Waals surface area (Å²) in [6.07, 6.45) is 1.43. The van der Waals surface area contributed by atoms with Crippen molar-refractivity contribution in [3.63, 3.8) is 0 Å². The molecule has 0 spiro atoms. The van der Waals surface area contributed by atoms with Gasteiger partial charge in [0, 0.05) is 17.5 Å². The number of anilines is 1. The first-order valence-electron chi connectivity index (χ1n) is 6.75. The largest absolute Gasteiger partial charge is 0.545 e. The highest BCUT2D eigenvalue weighted by molar-refractivity contribution is 6.03. The molecule has 0 fully saturated rings. The van der Waals surface area contributed by atoms with E-state index in [2.05, 4.69) is 5.32 Å². The van der Waals surface area contributed by atoms with E-state index in [4.69, 9.17) is 4.42 Å². The molecule has 0 atom stereocenters. The lowest BCUT2D eigenvalue weighted by molar-refractivity contribution is -0.255. The van der Waals surface area contributed by atoms with Gasteiger partial charge in [0.1, 0.15) is 5.76 Å². The molecule has 0 unspecified atom stereocenters. The van der Waals surface area contributed by atoms with Gasteiger partial charge in [-0.15, -0.1) is 0 Å². The Hall–Kier alpha value is -2.82. The zero-order valence-electron chi connectivity index (χ0n) is 12.6. The molecule has 1 aromatic carbocycles. The predicted octanol–water partition coefficient (Wildman–Crippen LogP) is 2.46. The maximum atomic E-state index is 12.0. The van der Waals surface area contributed by atoms with Gasteiger partial charge in [0.05, 0.1) is 5.97 Å². The van der Waals surface area contributed by atoms with Crippen LogP contribution in [0.15, 0.2) is 46.5 Å². The van der Waals surface area contributed by atoms with Crippen molar-refractivity contribution >= 4 is 17.4 Å². The summed E-state index contributed by atoms with van der Waals surface area (Å²) in [5.41, 5.74) is 2.22. The number of furan rings is 1. The molecule has 0 bridgehead atoms. The van der Waals surface area contributed by atoms with E-state index < -0.39 is 5.97 Å². The molecule has 0 amide bonds. The van der Waals surface area contributed by atoms with Gasteiger partial charge in [-0.25, -0.2) is 0 Å². The van der Waals surface area contributed by atoms with Crippen LogP contribution in [0.3, 0.4) is 0 Å². The molecule has 0 aliphatic rings. The fraction of sp³-hybridized carbons (Fsp3) is 0.176. The second-order valence-corrected chi connectivity index (χ2v) is 5.04. The SMILES string of the molecule is C/C(=C\C(=O)c1ccc(C)o1)Nc1ccc(C(=O)[O-])cc1C. The first-order valence-corrected chi connectivity index (χ1v) is 6.75. The lowest BCUT2D eigenvalue weighted by atomic mass is 10.1. The van der Waals surface area contributed by atoms with Gasteiger partial charge in [-0.1, -0.05) is 6.07 Å². The van der Waals surface area contributed by atoms with Crippen LogP contribution in [0.1, 0.15) is 39.2 Å². The minimum Gasteiger partial charge on any atom is -0.545 e. The van der Waals surface area contributed by atoms with E-state index in [-0.39, 0.29) is 17.1 Å². The molecule has 5 heteroatoms. The molecule has 2 rings (SSSR count). The summed E-state index contributed by atoms with van der Waals surface area (Å²) in [4.78, 5) is 22.8. The van der Waals surface area contributed by atoms with E-state index in [0.717, 1.165) is 11.3 Å². The lowest BCUT2D eigenvalue weighted by Crippen LogP contribution is -2.22. The van der Waals surface area contributed by atoms with Gasteiger partial charge in [-0.05, 0) is 56.2 Å². The van der Waals surface area contributed by atoms with Crippen molar-refractivity contribution in [2.24, 2.45) is 0 Å². The molecule has 1 aromatic heterocycles. The smallest absolute Gasteiger partial charge is 0.222 e. The average molecular weight is 298 g/mol. The van der Waals surface area contributed by atoms with Crippen LogP contribution in [-0.4, -0.2) is 11.8 Å². The van der Waals surface area contributed by atoms with Gasteiger partial charge in [-0.3, -0.25) is 4.79 Å². The Labute approximate surface area is 128 Å². The van der Waals surface area contributed by atoms with Gasteiger partial charge < -0.3 is 19.6 Å². The van der Waals surface area contributed by atoms with E-state index in [1.54, 1.807) is 39.0 Å². The molecular weight excluding hydrogens is 282 g/mol. The number of hydrogen-bond donors (Lipinski definition) is 1. The molecule has 5 nitrogen and oxygen atoms in total. The number of nitrogens with one attached hydrogen (secondary N) is 1. The number of carbonyl (C=O) groups is 2. The molecular formula is C17H16NO4-. The first kappa shape index (κ1) is 15.6. The Bertz CT molecular complexity index is 756. The van der Waals surface area contributed by atoms with Crippen molar-refractivity contribution in [2.75, 3.05) is 5.32 Å². The summed E-state index contributed by atoms with van der Waals surface area (Å²) in [7, 11) is 0. The van der Waals surface area contributed by atoms with E-state index in [1.165, 1.54) is 18.2 Å². The summed E-state index contributed by atoms with van der Waals surface area (Å²) < 4.78 is 5.27.